The molecule has 1 aromatic rings. The minimum absolute atomic E-state index is 0.111. The van der Waals surface area contributed by atoms with Crippen molar-refractivity contribution in [1.29, 1.82) is 0 Å². The topological polar surface area (TPSA) is 79.1 Å². The van der Waals surface area contributed by atoms with Gasteiger partial charge in [0.1, 0.15) is 5.82 Å². The molecule has 112 valence electrons. The van der Waals surface area contributed by atoms with Crippen LogP contribution in [0.25, 0.3) is 0 Å². The number of rotatable bonds is 5. The number of nitrogens with zero attached hydrogens (tertiary/aromatic N) is 3. The standard InChI is InChI=1S/C11H17F3N6/c12-11(13,14)8-7-9(18-10(17-8)19-15)16-3-6-20-4-1-2-5-20/h7H,1-6,15H2,(H2,16,17,18,19). The number of halogens is 3. The van der Waals surface area contributed by atoms with Crippen molar-refractivity contribution in [3.05, 3.63) is 11.8 Å². The van der Waals surface area contributed by atoms with E-state index in [2.05, 4.69) is 20.2 Å². The predicted octanol–water partition coefficient (Wildman–Crippen LogP) is 1.29. The highest BCUT2D eigenvalue weighted by Gasteiger charge is 2.33. The number of aromatic nitrogens is 2. The Balaban J connectivity index is 1.98. The monoisotopic (exact) mass is 290 g/mol. The Bertz CT molecular complexity index is 444. The van der Waals surface area contributed by atoms with Crippen molar-refractivity contribution in [1.82, 2.24) is 14.9 Å². The van der Waals surface area contributed by atoms with Gasteiger partial charge < -0.3 is 10.2 Å². The number of anilines is 2. The summed E-state index contributed by atoms with van der Waals surface area (Å²) in [7, 11) is 0. The van der Waals surface area contributed by atoms with Gasteiger partial charge in [0.05, 0.1) is 0 Å². The summed E-state index contributed by atoms with van der Waals surface area (Å²) in [6.45, 7) is 3.37. The van der Waals surface area contributed by atoms with Gasteiger partial charge in [-0.1, -0.05) is 0 Å². The normalized spacial score (nSPS) is 16.4. The van der Waals surface area contributed by atoms with E-state index in [0.29, 0.717) is 6.54 Å². The molecule has 0 amide bonds. The quantitative estimate of drug-likeness (QED) is 0.560. The van der Waals surface area contributed by atoms with Crippen LogP contribution in [0.5, 0.6) is 0 Å². The summed E-state index contributed by atoms with van der Waals surface area (Å²) < 4.78 is 38.0. The number of hydrazine groups is 1. The van der Waals surface area contributed by atoms with Gasteiger partial charge in [0.2, 0.25) is 5.95 Å². The summed E-state index contributed by atoms with van der Waals surface area (Å²) >= 11 is 0. The van der Waals surface area contributed by atoms with E-state index in [9.17, 15) is 13.2 Å². The molecule has 9 heteroatoms. The second-order valence-electron chi connectivity index (χ2n) is 4.58. The molecule has 0 atom stereocenters. The fourth-order valence-electron chi connectivity index (χ4n) is 2.10. The molecule has 0 bridgehead atoms. The molecule has 4 N–H and O–H groups in total. The van der Waals surface area contributed by atoms with E-state index in [-0.39, 0.29) is 11.8 Å². The number of alkyl halides is 3. The molecule has 0 saturated carbocycles. The number of nitrogens with one attached hydrogen (secondary N) is 2. The van der Waals surface area contributed by atoms with Crippen LogP contribution in [-0.4, -0.2) is 41.0 Å². The maximum Gasteiger partial charge on any atom is 0.433 e. The van der Waals surface area contributed by atoms with Gasteiger partial charge >= 0.3 is 6.18 Å². The van der Waals surface area contributed by atoms with Gasteiger partial charge in [0.25, 0.3) is 0 Å². The second-order valence-corrected chi connectivity index (χ2v) is 4.58. The molecule has 1 fully saturated rings. The first-order valence-electron chi connectivity index (χ1n) is 6.38. The van der Waals surface area contributed by atoms with Crippen molar-refractivity contribution in [2.24, 2.45) is 5.84 Å². The Morgan fingerprint density at radius 3 is 2.55 bits per heavy atom. The highest BCUT2D eigenvalue weighted by molar-refractivity contribution is 5.42. The summed E-state index contributed by atoms with van der Waals surface area (Å²) in [5.74, 6) is 4.93. The second kappa shape index (κ2) is 6.23. The molecule has 20 heavy (non-hydrogen) atoms. The third kappa shape index (κ3) is 3.94. The first kappa shape index (κ1) is 14.8. The van der Waals surface area contributed by atoms with Gasteiger partial charge in [-0.3, -0.25) is 5.43 Å². The largest absolute Gasteiger partial charge is 0.433 e. The fraction of sp³-hybridized carbons (Fsp3) is 0.636. The smallest absolute Gasteiger partial charge is 0.369 e. The number of nitrogens with two attached hydrogens (primary N) is 1. The Labute approximate surface area is 114 Å². The average Bonchev–Trinajstić information content (AvgIpc) is 2.90. The SMILES string of the molecule is NNc1nc(NCCN2CCCC2)cc(C(F)(F)F)n1. The highest BCUT2D eigenvalue weighted by atomic mass is 19.4. The molecule has 0 spiro atoms. The van der Waals surface area contributed by atoms with E-state index in [1.165, 1.54) is 12.8 Å². The molecule has 6 nitrogen and oxygen atoms in total. The lowest BCUT2D eigenvalue weighted by Crippen LogP contribution is -2.26. The van der Waals surface area contributed by atoms with E-state index in [1.807, 2.05) is 5.43 Å². The number of hydrogen-bond donors (Lipinski definition) is 3. The summed E-state index contributed by atoms with van der Waals surface area (Å²) in [6.07, 6.45) is -2.18. The zero-order valence-corrected chi connectivity index (χ0v) is 10.9. The van der Waals surface area contributed by atoms with E-state index < -0.39 is 11.9 Å². The van der Waals surface area contributed by atoms with E-state index in [0.717, 1.165) is 25.7 Å². The maximum absolute atomic E-state index is 12.7. The van der Waals surface area contributed by atoms with E-state index in [4.69, 9.17) is 5.84 Å². The lowest BCUT2D eigenvalue weighted by atomic mass is 10.3. The number of nitrogen functional groups attached to an aromatic ring is 1. The molecule has 1 aliphatic rings. The average molecular weight is 290 g/mol. The van der Waals surface area contributed by atoms with Crippen molar-refractivity contribution in [3.8, 4) is 0 Å². The summed E-state index contributed by atoms with van der Waals surface area (Å²) in [4.78, 5) is 9.39. The van der Waals surface area contributed by atoms with Crippen molar-refractivity contribution >= 4 is 11.8 Å². The molecule has 1 aliphatic heterocycles. The first-order chi connectivity index (χ1) is 9.49. The molecular formula is C11H17F3N6. The van der Waals surface area contributed by atoms with Crippen molar-refractivity contribution in [2.45, 2.75) is 19.0 Å². The molecule has 0 radical (unpaired) electrons. The van der Waals surface area contributed by atoms with Crippen LogP contribution in [0.1, 0.15) is 18.5 Å². The summed E-state index contributed by atoms with van der Waals surface area (Å²) in [5.41, 5.74) is 1.01. The molecule has 2 rings (SSSR count). The molecule has 1 aromatic heterocycles. The molecule has 1 saturated heterocycles. The van der Waals surface area contributed by atoms with Crippen molar-refractivity contribution < 1.29 is 13.2 Å². The van der Waals surface area contributed by atoms with Crippen LogP contribution in [0, 0.1) is 0 Å². The van der Waals surface area contributed by atoms with Gasteiger partial charge in [-0.05, 0) is 25.9 Å². The minimum atomic E-state index is -4.53. The Morgan fingerprint density at radius 1 is 1.25 bits per heavy atom. The number of likely N-dealkylation sites (tertiary alicyclic amines) is 1. The van der Waals surface area contributed by atoms with Crippen molar-refractivity contribution in [3.63, 3.8) is 0 Å². The Kier molecular flexibility index (Phi) is 4.61. The van der Waals surface area contributed by atoms with Gasteiger partial charge in [-0.2, -0.15) is 18.2 Å². The van der Waals surface area contributed by atoms with Crippen LogP contribution in [-0.2, 0) is 6.18 Å². The zero-order valence-electron chi connectivity index (χ0n) is 10.9. The number of hydrogen-bond acceptors (Lipinski definition) is 6. The maximum atomic E-state index is 12.7. The zero-order chi connectivity index (χ0) is 14.6. The summed E-state index contributed by atoms with van der Waals surface area (Å²) in [6, 6.07) is 0.880. The van der Waals surface area contributed by atoms with E-state index in [1.54, 1.807) is 0 Å². The van der Waals surface area contributed by atoms with Crippen LogP contribution in [0.3, 0.4) is 0 Å². The third-order valence-corrected chi connectivity index (χ3v) is 3.08. The minimum Gasteiger partial charge on any atom is -0.369 e. The lowest BCUT2D eigenvalue weighted by Gasteiger charge is -2.16. The summed E-state index contributed by atoms with van der Waals surface area (Å²) in [5, 5.41) is 2.87. The van der Waals surface area contributed by atoms with E-state index >= 15 is 0 Å². The van der Waals surface area contributed by atoms with Gasteiger partial charge in [0.15, 0.2) is 5.69 Å². The van der Waals surface area contributed by atoms with Gasteiger partial charge in [0, 0.05) is 19.2 Å². The van der Waals surface area contributed by atoms with Crippen LogP contribution in [0.2, 0.25) is 0 Å². The third-order valence-electron chi connectivity index (χ3n) is 3.08. The van der Waals surface area contributed by atoms with Crippen LogP contribution in [0.15, 0.2) is 6.07 Å². The Hall–Kier alpha value is -1.61. The van der Waals surface area contributed by atoms with Crippen LogP contribution >= 0.6 is 0 Å². The lowest BCUT2D eigenvalue weighted by molar-refractivity contribution is -0.141. The first-order valence-corrected chi connectivity index (χ1v) is 6.38. The molecule has 2 heterocycles. The molecular weight excluding hydrogens is 273 g/mol. The van der Waals surface area contributed by atoms with Crippen LogP contribution in [0.4, 0.5) is 24.9 Å². The Morgan fingerprint density at radius 2 is 1.95 bits per heavy atom. The van der Waals surface area contributed by atoms with Crippen molar-refractivity contribution in [2.75, 3.05) is 36.9 Å². The predicted molar refractivity (Wildman–Crippen MR) is 69.0 cm³/mol. The van der Waals surface area contributed by atoms with Gasteiger partial charge in [-0.25, -0.2) is 10.8 Å². The fourth-order valence-corrected chi connectivity index (χ4v) is 2.10. The van der Waals surface area contributed by atoms with Crippen LogP contribution < -0.4 is 16.6 Å². The highest BCUT2D eigenvalue weighted by Crippen LogP contribution is 2.29. The molecule has 0 unspecified atom stereocenters. The van der Waals surface area contributed by atoms with Gasteiger partial charge in [-0.15, -0.1) is 0 Å². The molecule has 0 aliphatic carbocycles. The molecule has 0 aromatic carbocycles.